The molecule has 158 valence electrons. The summed E-state index contributed by atoms with van der Waals surface area (Å²) in [4.78, 5) is 23.1. The Bertz CT molecular complexity index is 1320. The highest BCUT2D eigenvalue weighted by atomic mass is 79.9. The zero-order valence-electron chi connectivity index (χ0n) is 16.8. The highest BCUT2D eigenvalue weighted by Crippen LogP contribution is 2.34. The molecule has 0 saturated carbocycles. The summed E-state index contributed by atoms with van der Waals surface area (Å²) in [6.45, 7) is 1.83. The predicted molar refractivity (Wildman–Crippen MR) is 134 cm³/mol. The van der Waals surface area contributed by atoms with Crippen molar-refractivity contribution in [3.63, 3.8) is 0 Å². The van der Waals surface area contributed by atoms with Gasteiger partial charge in [-0.1, -0.05) is 51.4 Å². The quantitative estimate of drug-likeness (QED) is 0.234. The molecule has 5 rings (SSSR count). The lowest BCUT2D eigenvalue weighted by Crippen LogP contribution is -2.27. The second-order valence-electron chi connectivity index (χ2n) is 7.60. The molecule has 0 spiro atoms. The average molecular weight is 533 g/mol. The molecule has 1 aliphatic heterocycles. The van der Waals surface area contributed by atoms with Crippen LogP contribution >= 0.6 is 50.6 Å². The van der Waals surface area contributed by atoms with Crippen LogP contribution in [0.15, 0.2) is 63.0 Å². The summed E-state index contributed by atoms with van der Waals surface area (Å²) in [6.07, 6.45) is 0.884. The highest BCUT2D eigenvalue weighted by Gasteiger charge is 2.24. The maximum atomic E-state index is 13.8. The van der Waals surface area contributed by atoms with Crippen LogP contribution in [-0.2, 0) is 18.7 Å². The molecular formula is C23H19BrClN3OS2. The molecule has 0 amide bonds. The first-order valence-electron chi connectivity index (χ1n) is 9.88. The van der Waals surface area contributed by atoms with Crippen LogP contribution in [0.25, 0.3) is 15.9 Å². The summed E-state index contributed by atoms with van der Waals surface area (Å²) < 4.78 is 2.79. The number of halogens is 2. The van der Waals surface area contributed by atoms with Gasteiger partial charge in [0, 0.05) is 33.2 Å². The maximum Gasteiger partial charge on any atom is 0.267 e. The number of fused-ring (bicyclic) bond motifs is 3. The molecule has 2 aromatic heterocycles. The number of nitrogens with zero attached hydrogens (tertiary/aromatic N) is 3. The van der Waals surface area contributed by atoms with Crippen LogP contribution < -0.4 is 5.56 Å². The summed E-state index contributed by atoms with van der Waals surface area (Å²) in [5, 5.41) is 2.12. The molecule has 0 unspecified atom stereocenters. The van der Waals surface area contributed by atoms with Gasteiger partial charge in [0.25, 0.3) is 5.56 Å². The Morgan fingerprint density at radius 2 is 1.90 bits per heavy atom. The largest absolute Gasteiger partial charge is 0.301 e. The molecule has 0 N–H and O–H groups in total. The minimum atomic E-state index is 0.00711. The molecule has 4 nitrogen and oxygen atoms in total. The third kappa shape index (κ3) is 4.22. The lowest BCUT2D eigenvalue weighted by atomic mass is 10.1. The first kappa shape index (κ1) is 21.2. The standard InChI is InChI=1S/C23H19BrClN3OS2/c1-27-11-10-18-19(12-27)31-21-20(18)22(29)28(17-8-6-16(25)7-9-17)23(26-21)30-13-14-2-4-15(24)5-3-14/h2-9H,10-13H2,1H3. The molecule has 0 radical (unpaired) electrons. The van der Waals surface area contributed by atoms with E-state index in [1.54, 1.807) is 27.7 Å². The van der Waals surface area contributed by atoms with Gasteiger partial charge in [0.1, 0.15) is 4.83 Å². The van der Waals surface area contributed by atoms with Crippen LogP contribution in [-0.4, -0.2) is 28.0 Å². The smallest absolute Gasteiger partial charge is 0.267 e. The highest BCUT2D eigenvalue weighted by molar-refractivity contribution is 9.10. The van der Waals surface area contributed by atoms with Crippen LogP contribution in [0.2, 0.25) is 5.02 Å². The number of hydrogen-bond donors (Lipinski definition) is 0. The fraction of sp³-hybridized carbons (Fsp3) is 0.217. The van der Waals surface area contributed by atoms with Gasteiger partial charge in [-0.3, -0.25) is 9.36 Å². The van der Waals surface area contributed by atoms with Crippen LogP contribution in [0.4, 0.5) is 0 Å². The van der Waals surface area contributed by atoms with E-state index in [9.17, 15) is 4.79 Å². The Morgan fingerprint density at radius 3 is 2.65 bits per heavy atom. The molecule has 1 aliphatic rings. The van der Waals surface area contributed by atoms with Gasteiger partial charge < -0.3 is 4.90 Å². The molecule has 8 heteroatoms. The number of aromatic nitrogens is 2. The fourth-order valence-electron chi connectivity index (χ4n) is 3.79. The molecule has 4 aromatic rings. The van der Waals surface area contributed by atoms with Gasteiger partial charge in [0.15, 0.2) is 5.16 Å². The van der Waals surface area contributed by atoms with E-state index < -0.39 is 0 Å². The number of thiophene rings is 1. The molecule has 3 heterocycles. The van der Waals surface area contributed by atoms with Crippen molar-refractivity contribution in [2.45, 2.75) is 23.9 Å². The van der Waals surface area contributed by atoms with Crippen molar-refractivity contribution < 1.29 is 0 Å². The van der Waals surface area contributed by atoms with E-state index >= 15 is 0 Å². The number of thioether (sulfide) groups is 1. The third-order valence-electron chi connectivity index (χ3n) is 5.40. The van der Waals surface area contributed by atoms with E-state index in [2.05, 4.69) is 40.0 Å². The van der Waals surface area contributed by atoms with Crippen LogP contribution in [0.1, 0.15) is 16.0 Å². The molecule has 0 aliphatic carbocycles. The zero-order valence-corrected chi connectivity index (χ0v) is 20.7. The van der Waals surface area contributed by atoms with Crippen LogP contribution in [0.5, 0.6) is 0 Å². The van der Waals surface area contributed by atoms with E-state index in [4.69, 9.17) is 16.6 Å². The average Bonchev–Trinajstić information content (AvgIpc) is 3.12. The first-order valence-corrected chi connectivity index (χ1v) is 12.9. The molecule has 0 bridgehead atoms. The number of rotatable bonds is 4. The van der Waals surface area contributed by atoms with E-state index in [0.29, 0.717) is 10.2 Å². The van der Waals surface area contributed by atoms with Crippen molar-refractivity contribution in [2.24, 2.45) is 0 Å². The van der Waals surface area contributed by atoms with Gasteiger partial charge in [-0.15, -0.1) is 11.3 Å². The summed E-state index contributed by atoms with van der Waals surface area (Å²) in [6, 6.07) is 15.6. The molecule has 0 saturated heterocycles. The fourth-order valence-corrected chi connectivity index (χ4v) is 6.49. The van der Waals surface area contributed by atoms with Crippen molar-refractivity contribution in [1.29, 1.82) is 0 Å². The second-order valence-corrected chi connectivity index (χ2v) is 11.0. The van der Waals surface area contributed by atoms with Crippen LogP contribution in [0.3, 0.4) is 0 Å². The van der Waals surface area contributed by atoms with Gasteiger partial charge in [-0.25, -0.2) is 4.98 Å². The second kappa shape index (κ2) is 8.71. The van der Waals surface area contributed by atoms with Crippen molar-refractivity contribution in [1.82, 2.24) is 14.5 Å². The van der Waals surface area contributed by atoms with Crippen molar-refractivity contribution >= 4 is 60.8 Å². The maximum absolute atomic E-state index is 13.8. The Morgan fingerprint density at radius 1 is 1.16 bits per heavy atom. The van der Waals surface area contributed by atoms with Gasteiger partial charge >= 0.3 is 0 Å². The summed E-state index contributed by atoms with van der Waals surface area (Å²) in [5.41, 5.74) is 3.14. The molecule has 31 heavy (non-hydrogen) atoms. The minimum Gasteiger partial charge on any atom is -0.301 e. The van der Waals surface area contributed by atoms with E-state index in [0.717, 1.165) is 45.6 Å². The van der Waals surface area contributed by atoms with Crippen LogP contribution in [0, 0.1) is 0 Å². The number of likely N-dealkylation sites (N-methyl/N-ethyl adjacent to an activating group) is 1. The Balaban J connectivity index is 1.65. The lowest BCUT2D eigenvalue weighted by molar-refractivity contribution is 0.318. The van der Waals surface area contributed by atoms with Crippen molar-refractivity contribution in [3.8, 4) is 5.69 Å². The zero-order chi connectivity index (χ0) is 21.5. The van der Waals surface area contributed by atoms with Crippen molar-refractivity contribution in [3.05, 3.63) is 84.4 Å². The van der Waals surface area contributed by atoms with E-state index in [1.165, 1.54) is 16.0 Å². The summed E-state index contributed by atoms with van der Waals surface area (Å²) in [5.74, 6) is 0.729. The summed E-state index contributed by atoms with van der Waals surface area (Å²) >= 11 is 12.8. The monoisotopic (exact) mass is 531 g/mol. The molecule has 0 fully saturated rings. The van der Waals surface area contributed by atoms with E-state index in [1.807, 2.05) is 36.4 Å². The Labute approximate surface area is 202 Å². The third-order valence-corrected chi connectivity index (χ3v) is 8.30. The topological polar surface area (TPSA) is 38.1 Å². The molecule has 0 atom stereocenters. The Kier molecular flexibility index (Phi) is 5.96. The molecular weight excluding hydrogens is 514 g/mol. The van der Waals surface area contributed by atoms with Crippen molar-refractivity contribution in [2.75, 3.05) is 13.6 Å². The SMILES string of the molecule is CN1CCc2c(sc3nc(SCc4ccc(Br)cc4)n(-c4ccc(Cl)cc4)c(=O)c23)C1. The Hall–Kier alpha value is -1.64. The van der Waals surface area contributed by atoms with Gasteiger partial charge in [-0.05, 0) is 61.0 Å². The lowest BCUT2D eigenvalue weighted by Gasteiger charge is -2.21. The molecule has 2 aromatic carbocycles. The first-order chi connectivity index (χ1) is 15.0. The van der Waals surface area contributed by atoms with Gasteiger partial charge in [-0.2, -0.15) is 0 Å². The van der Waals surface area contributed by atoms with E-state index in [-0.39, 0.29) is 5.56 Å². The number of hydrogen-bond acceptors (Lipinski definition) is 5. The summed E-state index contributed by atoms with van der Waals surface area (Å²) in [7, 11) is 2.12. The van der Waals surface area contributed by atoms with Gasteiger partial charge in [0.2, 0.25) is 0 Å². The number of benzene rings is 2. The normalized spacial score (nSPS) is 14.2. The predicted octanol–water partition coefficient (Wildman–Crippen LogP) is 6.14. The minimum absolute atomic E-state index is 0.00711. The van der Waals surface area contributed by atoms with Gasteiger partial charge in [0.05, 0.1) is 11.1 Å².